The van der Waals surface area contributed by atoms with E-state index in [1.54, 1.807) is 18.3 Å². The number of piperazine rings is 1. The number of aliphatic hydroxyl groups excluding tert-OH is 1. The highest BCUT2D eigenvalue weighted by Gasteiger charge is 2.39. The van der Waals surface area contributed by atoms with Crippen LogP contribution in [0.2, 0.25) is 10.0 Å². The predicted octanol–water partition coefficient (Wildman–Crippen LogP) is 3.15. The number of aliphatic hydroxyl groups is 1. The number of anilines is 1. The molecule has 11 nitrogen and oxygen atoms in total. The summed E-state index contributed by atoms with van der Waals surface area (Å²) in [4.78, 5) is 24.4. The van der Waals surface area contributed by atoms with Crippen LogP contribution in [0, 0.1) is 0 Å². The lowest BCUT2D eigenvalue weighted by atomic mass is 10.0. The van der Waals surface area contributed by atoms with Gasteiger partial charge in [0.2, 0.25) is 5.95 Å². The van der Waals surface area contributed by atoms with Crippen molar-refractivity contribution in [1.29, 1.82) is 0 Å². The molecule has 16 heteroatoms. The maximum atomic E-state index is 13.3. The Hall–Kier alpha value is -3.46. The molecule has 1 aliphatic rings. The second kappa shape index (κ2) is 11.1. The molecule has 1 atom stereocenters. The fraction of sp³-hybridized carbons (Fsp3) is 0.400. The van der Waals surface area contributed by atoms with E-state index >= 15 is 0 Å². The van der Waals surface area contributed by atoms with Gasteiger partial charge in [0.05, 0.1) is 11.6 Å². The fourth-order valence-corrected chi connectivity index (χ4v) is 4.86. The Kier molecular flexibility index (Phi) is 7.85. The molecule has 1 aliphatic heterocycles. The molecular formula is C25H26Cl2F3N9O2. The third-order valence-electron chi connectivity index (χ3n) is 6.48. The van der Waals surface area contributed by atoms with Crippen molar-refractivity contribution in [2.75, 3.05) is 24.5 Å². The van der Waals surface area contributed by atoms with Crippen LogP contribution in [0.15, 0.2) is 47.4 Å². The molecule has 3 aromatic heterocycles. The second-order valence-corrected chi connectivity index (χ2v) is 11.1. The highest BCUT2D eigenvalue weighted by molar-refractivity contribution is 6.32. The number of hydrogen-bond acceptors (Lipinski definition) is 8. The number of rotatable bonds is 7. The van der Waals surface area contributed by atoms with Crippen LogP contribution >= 0.6 is 23.2 Å². The molecule has 0 amide bonds. The van der Waals surface area contributed by atoms with Gasteiger partial charge in [-0.3, -0.25) is 4.57 Å². The summed E-state index contributed by atoms with van der Waals surface area (Å²) in [7, 11) is 0. The molecule has 1 saturated heterocycles. The quantitative estimate of drug-likeness (QED) is 0.327. The Labute approximate surface area is 242 Å². The Morgan fingerprint density at radius 3 is 2.54 bits per heavy atom. The summed E-state index contributed by atoms with van der Waals surface area (Å²) in [5, 5.41) is 22.8. The molecule has 41 heavy (non-hydrogen) atoms. The van der Waals surface area contributed by atoms with Crippen molar-refractivity contribution in [3.8, 4) is 17.2 Å². The number of halogens is 5. The first kappa shape index (κ1) is 29.0. The molecule has 1 fully saturated rings. The number of nitrogens with zero attached hydrogens (tertiary/aromatic N) is 8. The zero-order valence-electron chi connectivity index (χ0n) is 22.0. The minimum atomic E-state index is -4.94. The van der Waals surface area contributed by atoms with Crippen molar-refractivity contribution >= 4 is 29.2 Å². The van der Waals surface area contributed by atoms with Gasteiger partial charge in [0, 0.05) is 42.0 Å². The van der Waals surface area contributed by atoms with Crippen LogP contribution in [0.3, 0.4) is 0 Å². The standard InChI is InChI=1S/C25H26Cl2F3N9O2/c1-24(2)14-36(11-10-32-24)22-33-19(34-39(22)21-17(27)4-3-9-31-21)13-38-23(41)37(12-18(40)25(28,29)30)20(35-38)15-5-7-16(26)8-6-15/h3-9,18,32,40H,10-14H2,1-2H3. The molecule has 0 aliphatic carbocycles. The smallest absolute Gasteiger partial charge is 0.382 e. The summed E-state index contributed by atoms with van der Waals surface area (Å²) in [6.45, 7) is 4.65. The first-order valence-electron chi connectivity index (χ1n) is 12.6. The van der Waals surface area contributed by atoms with Crippen molar-refractivity contribution in [2.24, 2.45) is 0 Å². The highest BCUT2D eigenvalue weighted by Crippen LogP contribution is 2.26. The minimum Gasteiger partial charge on any atom is -0.382 e. The van der Waals surface area contributed by atoms with Crippen LogP contribution in [0.4, 0.5) is 19.1 Å². The van der Waals surface area contributed by atoms with Gasteiger partial charge in [-0.25, -0.2) is 14.5 Å². The van der Waals surface area contributed by atoms with E-state index in [0.717, 1.165) is 9.25 Å². The molecule has 218 valence electrons. The third-order valence-corrected chi connectivity index (χ3v) is 7.02. The molecule has 0 saturated carbocycles. The van der Waals surface area contributed by atoms with Gasteiger partial charge in [-0.15, -0.1) is 10.2 Å². The van der Waals surface area contributed by atoms with E-state index in [1.165, 1.54) is 28.9 Å². The minimum absolute atomic E-state index is 0.0775. The van der Waals surface area contributed by atoms with Crippen molar-refractivity contribution < 1.29 is 18.3 Å². The van der Waals surface area contributed by atoms with Crippen molar-refractivity contribution in [3.05, 3.63) is 68.9 Å². The number of alkyl halides is 3. The van der Waals surface area contributed by atoms with E-state index in [4.69, 9.17) is 23.2 Å². The number of benzene rings is 1. The predicted molar refractivity (Wildman–Crippen MR) is 147 cm³/mol. The number of aromatic nitrogens is 7. The number of pyridine rings is 1. The summed E-state index contributed by atoms with van der Waals surface area (Å²) in [6.07, 6.45) is -6.16. The SMILES string of the molecule is CC1(C)CN(c2nc(Cn3nc(-c4ccc(Cl)cc4)n(CC(O)C(F)(F)F)c3=O)nn2-c2ncccc2Cl)CCN1. The molecule has 0 radical (unpaired) electrons. The van der Waals surface area contributed by atoms with Gasteiger partial charge < -0.3 is 15.3 Å². The number of nitrogens with one attached hydrogen (secondary N) is 1. The van der Waals surface area contributed by atoms with Gasteiger partial charge in [0.1, 0.15) is 6.54 Å². The van der Waals surface area contributed by atoms with Crippen LogP contribution in [0.25, 0.3) is 17.2 Å². The van der Waals surface area contributed by atoms with E-state index in [-0.39, 0.29) is 23.7 Å². The van der Waals surface area contributed by atoms with E-state index < -0.39 is 24.5 Å². The maximum Gasteiger partial charge on any atom is 0.416 e. The Balaban J connectivity index is 1.57. The van der Waals surface area contributed by atoms with Gasteiger partial charge >= 0.3 is 11.9 Å². The van der Waals surface area contributed by atoms with Crippen molar-refractivity contribution in [3.63, 3.8) is 0 Å². The molecule has 0 bridgehead atoms. The van der Waals surface area contributed by atoms with Gasteiger partial charge in [0.15, 0.2) is 23.6 Å². The van der Waals surface area contributed by atoms with Crippen LogP contribution < -0.4 is 15.9 Å². The lowest BCUT2D eigenvalue weighted by molar-refractivity contribution is -0.207. The van der Waals surface area contributed by atoms with Crippen LogP contribution in [0.1, 0.15) is 19.7 Å². The summed E-state index contributed by atoms with van der Waals surface area (Å²) in [5.74, 6) is 0.843. The van der Waals surface area contributed by atoms with Gasteiger partial charge in [0.25, 0.3) is 0 Å². The monoisotopic (exact) mass is 611 g/mol. The molecule has 1 aromatic carbocycles. The van der Waals surface area contributed by atoms with E-state index in [9.17, 15) is 23.1 Å². The number of hydrogen-bond donors (Lipinski definition) is 2. The highest BCUT2D eigenvalue weighted by atomic mass is 35.5. The zero-order valence-corrected chi connectivity index (χ0v) is 23.5. The normalized spacial score (nSPS) is 16.2. The first-order chi connectivity index (χ1) is 19.3. The lowest BCUT2D eigenvalue weighted by Gasteiger charge is -2.39. The molecule has 4 heterocycles. The van der Waals surface area contributed by atoms with Crippen LogP contribution in [-0.4, -0.2) is 76.7 Å². The van der Waals surface area contributed by atoms with Gasteiger partial charge in [-0.05, 0) is 50.2 Å². The van der Waals surface area contributed by atoms with Gasteiger partial charge in [-0.1, -0.05) is 23.2 Å². The lowest BCUT2D eigenvalue weighted by Crippen LogP contribution is -2.57. The van der Waals surface area contributed by atoms with Gasteiger partial charge in [-0.2, -0.15) is 22.8 Å². The summed E-state index contributed by atoms with van der Waals surface area (Å²) >= 11 is 12.4. The first-order valence-corrected chi connectivity index (χ1v) is 13.3. The Bertz CT molecular complexity index is 1600. The molecule has 4 aromatic rings. The van der Waals surface area contributed by atoms with Crippen LogP contribution in [-0.2, 0) is 13.1 Å². The average Bonchev–Trinajstić information content (AvgIpc) is 3.45. The summed E-state index contributed by atoms with van der Waals surface area (Å²) < 4.78 is 42.9. The van der Waals surface area contributed by atoms with Crippen molar-refractivity contribution in [1.82, 2.24) is 39.4 Å². The van der Waals surface area contributed by atoms with Crippen molar-refractivity contribution in [2.45, 2.75) is 44.8 Å². The zero-order chi connectivity index (χ0) is 29.5. The Morgan fingerprint density at radius 2 is 1.88 bits per heavy atom. The second-order valence-electron chi connectivity index (χ2n) is 10.2. The third kappa shape index (κ3) is 6.25. The topological polar surface area (TPSA) is 119 Å². The molecular weight excluding hydrogens is 586 g/mol. The molecule has 5 rings (SSSR count). The maximum absolute atomic E-state index is 13.3. The van der Waals surface area contributed by atoms with E-state index in [2.05, 4.69) is 25.5 Å². The van der Waals surface area contributed by atoms with E-state index in [1.807, 2.05) is 18.7 Å². The molecule has 1 unspecified atom stereocenters. The fourth-order valence-electron chi connectivity index (χ4n) is 4.54. The average molecular weight is 612 g/mol. The molecule has 0 spiro atoms. The summed E-state index contributed by atoms with van der Waals surface area (Å²) in [5.41, 5.74) is -0.775. The summed E-state index contributed by atoms with van der Waals surface area (Å²) in [6, 6.07) is 9.42. The largest absolute Gasteiger partial charge is 0.416 e. The van der Waals surface area contributed by atoms with Crippen LogP contribution in [0.5, 0.6) is 0 Å². The molecule has 2 N–H and O–H groups in total. The Morgan fingerprint density at radius 1 is 1.15 bits per heavy atom. The van der Waals surface area contributed by atoms with E-state index in [0.29, 0.717) is 47.0 Å².